The van der Waals surface area contributed by atoms with Crippen LogP contribution in [0.5, 0.6) is 0 Å². The van der Waals surface area contributed by atoms with Crippen LogP contribution in [-0.2, 0) is 0 Å². The van der Waals surface area contributed by atoms with Gasteiger partial charge in [-0.3, -0.25) is 4.79 Å². The Labute approximate surface area is 156 Å². The van der Waals surface area contributed by atoms with Crippen LogP contribution in [-0.4, -0.2) is 37.3 Å². The van der Waals surface area contributed by atoms with Crippen molar-refractivity contribution in [1.82, 2.24) is 24.8 Å². The van der Waals surface area contributed by atoms with Crippen molar-refractivity contribution in [2.24, 2.45) is 0 Å². The van der Waals surface area contributed by atoms with E-state index in [0.717, 1.165) is 18.7 Å². The van der Waals surface area contributed by atoms with E-state index in [2.05, 4.69) is 19.9 Å². The summed E-state index contributed by atoms with van der Waals surface area (Å²) in [6, 6.07) is 4.31. The quantitative estimate of drug-likeness (QED) is 0.762. The molecule has 3 heterocycles. The number of hydrogen-bond donors (Lipinski definition) is 1. The number of fused-ring (bicyclic) bond motifs is 1. The lowest BCUT2D eigenvalue weighted by molar-refractivity contribution is 0.0728. The minimum atomic E-state index is -0.310. The molecule has 1 fully saturated rings. The highest BCUT2D eigenvalue weighted by atomic mass is 19.1. The number of rotatable bonds is 3. The number of aromatic amines is 1. The maximum absolute atomic E-state index is 13.5. The molecule has 1 atom stereocenters. The average Bonchev–Trinajstić information content (AvgIpc) is 3.26. The van der Waals surface area contributed by atoms with Crippen molar-refractivity contribution in [2.45, 2.75) is 45.6 Å². The minimum absolute atomic E-state index is 0.0862. The lowest BCUT2D eigenvalue weighted by atomic mass is 10.1. The van der Waals surface area contributed by atoms with Gasteiger partial charge in [0.15, 0.2) is 0 Å². The number of hydrogen-bond acceptors (Lipinski definition) is 4. The molecule has 3 aromatic rings. The first-order valence-corrected chi connectivity index (χ1v) is 9.23. The van der Waals surface area contributed by atoms with Gasteiger partial charge < -0.3 is 9.88 Å². The molecule has 0 bridgehead atoms. The topological polar surface area (TPSA) is 74.8 Å². The molecule has 4 rings (SSSR count). The number of benzene rings is 1. The number of nitrogens with one attached hydrogen (secondary N) is 1. The minimum Gasteiger partial charge on any atom is -0.340 e. The Kier molecular flexibility index (Phi) is 4.37. The molecule has 1 N–H and O–H groups in total. The van der Waals surface area contributed by atoms with Crippen molar-refractivity contribution in [3.8, 4) is 0 Å². The fourth-order valence-electron chi connectivity index (χ4n) is 3.58. The number of likely N-dealkylation sites (tertiary alicyclic amines) is 1. The van der Waals surface area contributed by atoms with Crippen molar-refractivity contribution >= 4 is 16.9 Å². The molecular formula is C20H22FN5O. The van der Waals surface area contributed by atoms with E-state index in [1.807, 2.05) is 25.7 Å². The van der Waals surface area contributed by atoms with E-state index in [4.69, 9.17) is 0 Å². The number of nitrogens with zero attached hydrogens (tertiary/aromatic N) is 4. The van der Waals surface area contributed by atoms with Gasteiger partial charge in [-0.1, -0.05) is 13.8 Å². The van der Waals surface area contributed by atoms with Crippen LogP contribution in [0.1, 0.15) is 66.3 Å². The number of amides is 1. The third-order valence-electron chi connectivity index (χ3n) is 5.04. The van der Waals surface area contributed by atoms with E-state index in [1.54, 1.807) is 12.3 Å². The van der Waals surface area contributed by atoms with Gasteiger partial charge in [0.05, 0.1) is 28.3 Å². The normalized spacial score (nSPS) is 17.2. The van der Waals surface area contributed by atoms with Crippen LogP contribution in [0, 0.1) is 12.7 Å². The van der Waals surface area contributed by atoms with Gasteiger partial charge in [0.25, 0.3) is 5.91 Å². The highest BCUT2D eigenvalue weighted by Gasteiger charge is 2.33. The lowest BCUT2D eigenvalue weighted by Gasteiger charge is -2.23. The van der Waals surface area contributed by atoms with Crippen molar-refractivity contribution in [1.29, 1.82) is 0 Å². The fourth-order valence-corrected chi connectivity index (χ4v) is 3.58. The van der Waals surface area contributed by atoms with Gasteiger partial charge in [-0.05, 0) is 38.0 Å². The average molecular weight is 367 g/mol. The Bertz CT molecular complexity index is 1010. The molecule has 0 unspecified atom stereocenters. The smallest absolute Gasteiger partial charge is 0.257 e. The maximum atomic E-state index is 13.5. The summed E-state index contributed by atoms with van der Waals surface area (Å²) in [5.74, 6) is 1.25. The van der Waals surface area contributed by atoms with Crippen molar-refractivity contribution < 1.29 is 9.18 Å². The zero-order valence-corrected chi connectivity index (χ0v) is 15.7. The van der Waals surface area contributed by atoms with Crippen molar-refractivity contribution in [3.05, 3.63) is 53.1 Å². The van der Waals surface area contributed by atoms with Gasteiger partial charge in [0.1, 0.15) is 17.5 Å². The molecule has 27 heavy (non-hydrogen) atoms. The Balaban J connectivity index is 1.65. The number of imidazole rings is 1. The molecule has 2 aromatic heterocycles. The van der Waals surface area contributed by atoms with Gasteiger partial charge in [-0.25, -0.2) is 19.3 Å². The Morgan fingerprint density at radius 3 is 2.89 bits per heavy atom. The van der Waals surface area contributed by atoms with Crippen LogP contribution in [0.2, 0.25) is 0 Å². The predicted molar refractivity (Wildman–Crippen MR) is 99.9 cm³/mol. The summed E-state index contributed by atoms with van der Waals surface area (Å²) in [6.07, 6.45) is 3.34. The first-order valence-electron chi connectivity index (χ1n) is 9.23. The van der Waals surface area contributed by atoms with Crippen LogP contribution >= 0.6 is 0 Å². The van der Waals surface area contributed by atoms with Gasteiger partial charge in [-0.2, -0.15) is 0 Å². The highest BCUT2D eigenvalue weighted by molar-refractivity contribution is 5.95. The second-order valence-corrected chi connectivity index (χ2v) is 7.32. The van der Waals surface area contributed by atoms with E-state index in [0.29, 0.717) is 34.7 Å². The van der Waals surface area contributed by atoms with Crippen LogP contribution < -0.4 is 0 Å². The van der Waals surface area contributed by atoms with Gasteiger partial charge in [0.2, 0.25) is 0 Å². The van der Waals surface area contributed by atoms with E-state index < -0.39 is 0 Å². The molecule has 0 spiro atoms. The third-order valence-corrected chi connectivity index (χ3v) is 5.04. The fraction of sp³-hybridized carbons (Fsp3) is 0.400. The number of carbonyl (C=O) groups excluding carboxylic acids is 1. The summed E-state index contributed by atoms with van der Waals surface area (Å²) in [5, 5.41) is 0. The second kappa shape index (κ2) is 6.72. The summed E-state index contributed by atoms with van der Waals surface area (Å²) in [4.78, 5) is 31.5. The van der Waals surface area contributed by atoms with E-state index in [1.165, 1.54) is 12.1 Å². The summed E-state index contributed by atoms with van der Waals surface area (Å²) in [5.41, 5.74) is 2.56. The van der Waals surface area contributed by atoms with Crippen LogP contribution in [0.15, 0.2) is 24.4 Å². The standard InChI is InChI=1S/C20H22FN5O/c1-11(2)18-22-10-14(12(3)23-18)20(27)26-8-4-5-17(26)19-24-15-7-6-13(21)9-16(15)25-19/h6-7,9-11,17H,4-5,8H2,1-3H3,(H,24,25)/t17-/m1/s1. The second-order valence-electron chi connectivity index (χ2n) is 7.32. The Hall–Kier alpha value is -2.83. The zero-order chi connectivity index (χ0) is 19.1. The monoisotopic (exact) mass is 367 g/mol. The van der Waals surface area contributed by atoms with Crippen molar-refractivity contribution in [2.75, 3.05) is 6.54 Å². The van der Waals surface area contributed by atoms with Crippen molar-refractivity contribution in [3.63, 3.8) is 0 Å². The summed E-state index contributed by atoms with van der Waals surface area (Å²) in [7, 11) is 0. The number of aromatic nitrogens is 4. The van der Waals surface area contributed by atoms with E-state index in [-0.39, 0.29) is 23.7 Å². The molecule has 1 saturated heterocycles. The summed E-state index contributed by atoms with van der Waals surface area (Å²) < 4.78 is 13.5. The number of H-pyrrole nitrogens is 1. The predicted octanol–water partition coefficient (Wildman–Crippen LogP) is 3.90. The van der Waals surface area contributed by atoms with Crippen LogP contribution in [0.3, 0.4) is 0 Å². The molecular weight excluding hydrogens is 345 g/mol. The summed E-state index contributed by atoms with van der Waals surface area (Å²) in [6.45, 7) is 6.55. The third kappa shape index (κ3) is 3.18. The molecule has 140 valence electrons. The summed E-state index contributed by atoms with van der Waals surface area (Å²) >= 11 is 0. The van der Waals surface area contributed by atoms with Crippen LogP contribution in [0.25, 0.3) is 11.0 Å². The molecule has 6 nitrogen and oxygen atoms in total. The molecule has 0 aliphatic carbocycles. The number of halogens is 1. The highest BCUT2D eigenvalue weighted by Crippen LogP contribution is 2.33. The zero-order valence-electron chi connectivity index (χ0n) is 15.7. The lowest BCUT2D eigenvalue weighted by Crippen LogP contribution is -2.32. The molecule has 1 aromatic carbocycles. The van der Waals surface area contributed by atoms with Gasteiger partial charge >= 0.3 is 0 Å². The Morgan fingerprint density at radius 1 is 1.33 bits per heavy atom. The molecule has 0 saturated carbocycles. The molecule has 0 radical (unpaired) electrons. The Morgan fingerprint density at radius 2 is 2.15 bits per heavy atom. The molecule has 1 aliphatic heterocycles. The molecule has 7 heteroatoms. The molecule has 1 amide bonds. The number of carbonyl (C=O) groups is 1. The maximum Gasteiger partial charge on any atom is 0.257 e. The number of aryl methyl sites for hydroxylation is 1. The molecule has 1 aliphatic rings. The van der Waals surface area contributed by atoms with Gasteiger partial charge in [-0.15, -0.1) is 0 Å². The van der Waals surface area contributed by atoms with E-state index >= 15 is 0 Å². The van der Waals surface area contributed by atoms with Gasteiger partial charge in [0, 0.05) is 18.7 Å². The largest absolute Gasteiger partial charge is 0.340 e. The first-order chi connectivity index (χ1) is 12.9. The first kappa shape index (κ1) is 17.6. The SMILES string of the molecule is Cc1nc(C(C)C)ncc1C(=O)N1CCC[C@@H]1c1nc2ccc(F)cc2[nH]1. The van der Waals surface area contributed by atoms with Crippen LogP contribution in [0.4, 0.5) is 4.39 Å². The van der Waals surface area contributed by atoms with E-state index in [9.17, 15) is 9.18 Å².